The normalized spacial score (nSPS) is 39.1. The Kier molecular flexibility index (Phi) is 3.94. The van der Waals surface area contributed by atoms with Crippen molar-refractivity contribution < 1.29 is 9.90 Å². The summed E-state index contributed by atoms with van der Waals surface area (Å²) in [5, 5.41) is 9.17. The Morgan fingerprint density at radius 3 is 2.72 bits per heavy atom. The van der Waals surface area contributed by atoms with Gasteiger partial charge in [-0.25, -0.2) is 0 Å². The van der Waals surface area contributed by atoms with Crippen LogP contribution in [0.5, 0.6) is 0 Å². The number of carbonyl (C=O) groups is 1. The molecule has 5 nitrogen and oxygen atoms in total. The maximum Gasteiger partial charge on any atom is 0.323 e. The van der Waals surface area contributed by atoms with Crippen molar-refractivity contribution >= 4 is 5.97 Å². The van der Waals surface area contributed by atoms with E-state index in [-0.39, 0.29) is 0 Å². The van der Waals surface area contributed by atoms with Crippen molar-refractivity contribution in [3.05, 3.63) is 0 Å². The summed E-state index contributed by atoms with van der Waals surface area (Å²) in [6.07, 6.45) is 2.12. The third kappa shape index (κ3) is 2.53. The Balaban J connectivity index is 1.93. The summed E-state index contributed by atoms with van der Waals surface area (Å²) in [7, 11) is 0. The minimum Gasteiger partial charge on any atom is -0.480 e. The van der Waals surface area contributed by atoms with Gasteiger partial charge in [0.05, 0.1) is 0 Å². The van der Waals surface area contributed by atoms with Crippen LogP contribution < -0.4 is 5.73 Å². The molecule has 0 radical (unpaired) electrons. The van der Waals surface area contributed by atoms with Gasteiger partial charge in [-0.1, -0.05) is 6.92 Å². The van der Waals surface area contributed by atoms with Crippen molar-refractivity contribution in [2.75, 3.05) is 26.2 Å². The Hall–Kier alpha value is -0.650. The number of hydrogen-bond acceptors (Lipinski definition) is 4. The van der Waals surface area contributed by atoms with E-state index >= 15 is 0 Å². The van der Waals surface area contributed by atoms with Crippen LogP contribution in [-0.4, -0.2) is 64.7 Å². The SMILES string of the molecule is CCN1CCN(C2CCC(N)(C(=O)O)C2)CC1C. The Morgan fingerprint density at radius 2 is 2.22 bits per heavy atom. The van der Waals surface area contributed by atoms with Gasteiger partial charge in [0, 0.05) is 31.7 Å². The molecule has 1 saturated carbocycles. The van der Waals surface area contributed by atoms with Gasteiger partial charge in [0.25, 0.3) is 0 Å². The van der Waals surface area contributed by atoms with E-state index in [9.17, 15) is 4.79 Å². The highest BCUT2D eigenvalue weighted by Gasteiger charge is 2.44. The fourth-order valence-corrected chi connectivity index (χ4v) is 3.38. The van der Waals surface area contributed by atoms with Crippen LogP contribution in [0.4, 0.5) is 0 Å². The van der Waals surface area contributed by atoms with E-state index in [1.165, 1.54) is 0 Å². The van der Waals surface area contributed by atoms with Crippen LogP contribution in [0.15, 0.2) is 0 Å². The number of aliphatic carboxylic acids is 1. The molecule has 1 aliphatic heterocycles. The van der Waals surface area contributed by atoms with E-state index in [0.29, 0.717) is 24.9 Å². The number of piperazine rings is 1. The smallest absolute Gasteiger partial charge is 0.323 e. The maximum absolute atomic E-state index is 11.2. The summed E-state index contributed by atoms with van der Waals surface area (Å²) in [5.74, 6) is -0.842. The Labute approximate surface area is 109 Å². The summed E-state index contributed by atoms with van der Waals surface area (Å²) in [6, 6.07) is 0.911. The number of nitrogens with zero attached hydrogens (tertiary/aromatic N) is 2. The van der Waals surface area contributed by atoms with Gasteiger partial charge in [0.15, 0.2) is 0 Å². The van der Waals surface area contributed by atoms with E-state index in [1.807, 2.05) is 0 Å². The molecule has 1 aliphatic carbocycles. The quantitative estimate of drug-likeness (QED) is 0.761. The van der Waals surface area contributed by atoms with E-state index in [1.54, 1.807) is 0 Å². The topological polar surface area (TPSA) is 69.8 Å². The average Bonchev–Trinajstić information content (AvgIpc) is 2.73. The molecule has 0 aromatic rings. The fourth-order valence-electron chi connectivity index (χ4n) is 3.38. The second-order valence-electron chi connectivity index (χ2n) is 5.83. The molecule has 3 unspecified atom stereocenters. The lowest BCUT2D eigenvalue weighted by molar-refractivity contribution is -0.143. The summed E-state index contributed by atoms with van der Waals surface area (Å²) in [5.41, 5.74) is 4.96. The molecular formula is C13H25N3O2. The summed E-state index contributed by atoms with van der Waals surface area (Å²) < 4.78 is 0. The highest BCUT2D eigenvalue weighted by atomic mass is 16.4. The standard InChI is InChI=1S/C13H25N3O2/c1-3-15-6-7-16(9-10(15)2)11-4-5-13(14,8-11)12(17)18/h10-11H,3-9,14H2,1-2H3,(H,17,18). The van der Waals surface area contributed by atoms with Crippen LogP contribution in [0.2, 0.25) is 0 Å². The van der Waals surface area contributed by atoms with Gasteiger partial charge in [0.2, 0.25) is 0 Å². The third-order valence-electron chi connectivity index (χ3n) is 4.67. The zero-order valence-electron chi connectivity index (χ0n) is 11.4. The molecule has 0 aromatic heterocycles. The van der Waals surface area contributed by atoms with Gasteiger partial charge in [-0.05, 0) is 32.7 Å². The van der Waals surface area contributed by atoms with Crippen LogP contribution in [-0.2, 0) is 4.79 Å². The molecule has 2 rings (SSSR count). The first kappa shape index (κ1) is 13.8. The number of rotatable bonds is 3. The average molecular weight is 255 g/mol. The molecule has 1 heterocycles. The van der Waals surface area contributed by atoms with E-state index in [4.69, 9.17) is 10.8 Å². The molecule has 1 saturated heterocycles. The number of hydrogen-bond donors (Lipinski definition) is 2. The Bertz CT molecular complexity index is 323. The van der Waals surface area contributed by atoms with Gasteiger partial charge < -0.3 is 10.8 Å². The molecule has 0 bridgehead atoms. The van der Waals surface area contributed by atoms with E-state index < -0.39 is 11.5 Å². The van der Waals surface area contributed by atoms with E-state index in [2.05, 4.69) is 23.6 Å². The molecule has 5 heteroatoms. The van der Waals surface area contributed by atoms with Crippen LogP contribution in [0.1, 0.15) is 33.1 Å². The molecule has 2 fully saturated rings. The van der Waals surface area contributed by atoms with Crippen molar-refractivity contribution in [2.45, 2.75) is 50.7 Å². The maximum atomic E-state index is 11.2. The van der Waals surface area contributed by atoms with Crippen molar-refractivity contribution in [1.29, 1.82) is 0 Å². The molecule has 18 heavy (non-hydrogen) atoms. The lowest BCUT2D eigenvalue weighted by Crippen LogP contribution is -2.55. The Morgan fingerprint density at radius 1 is 1.50 bits per heavy atom. The zero-order chi connectivity index (χ0) is 13.3. The molecule has 104 valence electrons. The molecule has 3 N–H and O–H groups in total. The van der Waals surface area contributed by atoms with Crippen LogP contribution in [0.25, 0.3) is 0 Å². The summed E-state index contributed by atoms with van der Waals surface area (Å²) in [4.78, 5) is 16.1. The van der Waals surface area contributed by atoms with Crippen LogP contribution >= 0.6 is 0 Å². The fraction of sp³-hybridized carbons (Fsp3) is 0.923. The lowest BCUT2D eigenvalue weighted by Gasteiger charge is -2.42. The number of nitrogens with two attached hydrogens (primary N) is 1. The third-order valence-corrected chi connectivity index (χ3v) is 4.67. The van der Waals surface area contributed by atoms with Crippen molar-refractivity contribution in [2.24, 2.45) is 5.73 Å². The van der Waals surface area contributed by atoms with Gasteiger partial charge >= 0.3 is 5.97 Å². The first-order valence-corrected chi connectivity index (χ1v) is 6.96. The predicted molar refractivity (Wildman–Crippen MR) is 70.5 cm³/mol. The summed E-state index contributed by atoms with van der Waals surface area (Å²) in [6.45, 7) is 8.69. The summed E-state index contributed by atoms with van der Waals surface area (Å²) >= 11 is 0. The second-order valence-corrected chi connectivity index (χ2v) is 5.83. The molecule has 0 amide bonds. The first-order valence-electron chi connectivity index (χ1n) is 6.96. The molecular weight excluding hydrogens is 230 g/mol. The molecule has 0 aromatic carbocycles. The van der Waals surface area contributed by atoms with Gasteiger partial charge in [-0.3, -0.25) is 14.6 Å². The van der Waals surface area contributed by atoms with Crippen LogP contribution in [0.3, 0.4) is 0 Å². The number of likely N-dealkylation sites (N-methyl/N-ethyl adjacent to an activating group) is 1. The van der Waals surface area contributed by atoms with E-state index in [0.717, 1.165) is 32.6 Å². The lowest BCUT2D eigenvalue weighted by atomic mass is 9.99. The molecule has 2 aliphatic rings. The minimum atomic E-state index is -0.990. The number of carboxylic acid groups (broad SMARTS) is 1. The molecule has 0 spiro atoms. The predicted octanol–water partition coefficient (Wildman–Crippen LogP) is 0.347. The highest BCUT2D eigenvalue weighted by molar-refractivity contribution is 5.79. The van der Waals surface area contributed by atoms with Crippen molar-refractivity contribution in [3.63, 3.8) is 0 Å². The van der Waals surface area contributed by atoms with Gasteiger partial charge in [-0.15, -0.1) is 0 Å². The van der Waals surface area contributed by atoms with Gasteiger partial charge in [0.1, 0.15) is 5.54 Å². The highest BCUT2D eigenvalue weighted by Crippen LogP contribution is 2.32. The second kappa shape index (κ2) is 5.15. The number of carboxylic acids is 1. The minimum absolute atomic E-state index is 0.354. The first-order chi connectivity index (χ1) is 8.46. The monoisotopic (exact) mass is 255 g/mol. The zero-order valence-corrected chi connectivity index (χ0v) is 11.4. The van der Waals surface area contributed by atoms with Crippen molar-refractivity contribution in [1.82, 2.24) is 9.80 Å². The van der Waals surface area contributed by atoms with Gasteiger partial charge in [-0.2, -0.15) is 0 Å². The van der Waals surface area contributed by atoms with Crippen molar-refractivity contribution in [3.8, 4) is 0 Å². The largest absolute Gasteiger partial charge is 0.480 e. The molecule has 3 atom stereocenters. The van der Waals surface area contributed by atoms with Crippen LogP contribution in [0, 0.1) is 0 Å².